The Hall–Kier alpha value is -1.21. The molecule has 0 amide bonds. The molecule has 0 spiro atoms. The highest BCUT2D eigenvalue weighted by Crippen LogP contribution is 2.36. The van der Waals surface area contributed by atoms with Gasteiger partial charge in [-0.2, -0.15) is 5.26 Å². The predicted molar refractivity (Wildman–Crippen MR) is 60.1 cm³/mol. The van der Waals surface area contributed by atoms with Crippen LogP contribution < -0.4 is 11.1 Å². The van der Waals surface area contributed by atoms with Crippen molar-refractivity contribution in [1.29, 1.82) is 5.26 Å². The Kier molecular flexibility index (Phi) is 2.34. The minimum absolute atomic E-state index is 0.528. The van der Waals surface area contributed by atoms with E-state index in [1.54, 1.807) is 0 Å². The van der Waals surface area contributed by atoms with Crippen molar-refractivity contribution in [3.8, 4) is 6.07 Å². The Morgan fingerprint density at radius 2 is 2.36 bits per heavy atom. The molecule has 0 saturated carbocycles. The third-order valence-electron chi connectivity index (χ3n) is 2.43. The molecule has 0 fully saturated rings. The molecular formula is C10H10BrN3. The predicted octanol–water partition coefficient (Wildman–Crippen LogP) is 2.26. The molecule has 1 aromatic carbocycles. The fourth-order valence-electron chi connectivity index (χ4n) is 1.69. The highest BCUT2D eigenvalue weighted by molar-refractivity contribution is 9.10. The van der Waals surface area contributed by atoms with Crippen molar-refractivity contribution in [3.63, 3.8) is 0 Å². The van der Waals surface area contributed by atoms with Crippen LogP contribution in [0.2, 0.25) is 0 Å². The number of rotatable bonds is 0. The lowest BCUT2D eigenvalue weighted by molar-refractivity contribution is 0.828. The summed E-state index contributed by atoms with van der Waals surface area (Å²) in [6.07, 6.45) is 2.12. The molecule has 1 aromatic rings. The van der Waals surface area contributed by atoms with E-state index < -0.39 is 0 Å². The van der Waals surface area contributed by atoms with Crippen LogP contribution in [0.3, 0.4) is 0 Å². The van der Waals surface area contributed by atoms with Gasteiger partial charge in [-0.3, -0.25) is 0 Å². The van der Waals surface area contributed by atoms with Gasteiger partial charge in [-0.25, -0.2) is 0 Å². The molecule has 14 heavy (non-hydrogen) atoms. The van der Waals surface area contributed by atoms with E-state index in [4.69, 9.17) is 11.0 Å². The summed E-state index contributed by atoms with van der Waals surface area (Å²) < 4.78 is 0.825. The number of nitrogens with two attached hydrogens (primary N) is 1. The number of hydrogen-bond donors (Lipinski definition) is 2. The lowest BCUT2D eigenvalue weighted by Gasteiger charge is -2.20. The first-order chi connectivity index (χ1) is 6.74. The second-order valence-electron chi connectivity index (χ2n) is 3.33. The van der Waals surface area contributed by atoms with Crippen LogP contribution in [0.15, 0.2) is 10.5 Å². The van der Waals surface area contributed by atoms with Crippen LogP contribution in [0, 0.1) is 11.3 Å². The molecule has 1 heterocycles. The zero-order valence-corrected chi connectivity index (χ0v) is 9.19. The Bertz CT molecular complexity index is 420. The average molecular weight is 252 g/mol. The number of aryl methyl sites for hydroxylation is 1. The summed E-state index contributed by atoms with van der Waals surface area (Å²) in [4.78, 5) is 0. The molecule has 0 aromatic heterocycles. The topological polar surface area (TPSA) is 61.8 Å². The van der Waals surface area contributed by atoms with E-state index in [-0.39, 0.29) is 0 Å². The largest absolute Gasteiger partial charge is 0.397 e. The highest BCUT2D eigenvalue weighted by Gasteiger charge is 2.16. The summed E-state index contributed by atoms with van der Waals surface area (Å²) in [5.74, 6) is 0. The molecule has 4 heteroatoms. The molecule has 2 rings (SSSR count). The molecule has 1 aliphatic rings. The van der Waals surface area contributed by atoms with E-state index in [1.807, 2.05) is 6.07 Å². The summed E-state index contributed by atoms with van der Waals surface area (Å²) in [5, 5.41) is 12.2. The van der Waals surface area contributed by atoms with Crippen molar-refractivity contribution in [2.24, 2.45) is 0 Å². The first kappa shape index (κ1) is 9.35. The van der Waals surface area contributed by atoms with Crippen LogP contribution in [0.5, 0.6) is 0 Å². The SMILES string of the molecule is N#Cc1cc2c(c(Br)c1N)NCCC2. The first-order valence-electron chi connectivity index (χ1n) is 4.49. The number of halogens is 1. The molecule has 3 nitrogen and oxygen atoms in total. The van der Waals surface area contributed by atoms with Crippen molar-refractivity contribution >= 4 is 27.3 Å². The van der Waals surface area contributed by atoms with Gasteiger partial charge in [0.15, 0.2) is 0 Å². The van der Waals surface area contributed by atoms with E-state index in [2.05, 4.69) is 27.3 Å². The van der Waals surface area contributed by atoms with Crippen molar-refractivity contribution in [3.05, 3.63) is 21.7 Å². The second kappa shape index (κ2) is 3.50. The van der Waals surface area contributed by atoms with Crippen molar-refractivity contribution in [2.45, 2.75) is 12.8 Å². The summed E-state index contributed by atoms with van der Waals surface area (Å²) in [6.45, 7) is 0.969. The van der Waals surface area contributed by atoms with Crippen LogP contribution in [-0.4, -0.2) is 6.54 Å². The van der Waals surface area contributed by atoms with Gasteiger partial charge in [0, 0.05) is 6.54 Å². The highest BCUT2D eigenvalue weighted by atomic mass is 79.9. The molecule has 1 aliphatic heterocycles. The molecule has 0 unspecified atom stereocenters. The number of nitriles is 1. The molecule has 3 N–H and O–H groups in total. The smallest absolute Gasteiger partial charge is 0.101 e. The van der Waals surface area contributed by atoms with Gasteiger partial charge in [0.25, 0.3) is 0 Å². The molecule has 0 radical (unpaired) electrons. The van der Waals surface area contributed by atoms with E-state index in [0.29, 0.717) is 11.3 Å². The maximum absolute atomic E-state index is 8.87. The number of benzene rings is 1. The lowest BCUT2D eigenvalue weighted by atomic mass is 10.00. The molecular weight excluding hydrogens is 242 g/mol. The molecule has 0 saturated heterocycles. The van der Waals surface area contributed by atoms with Crippen LogP contribution in [0.25, 0.3) is 0 Å². The van der Waals surface area contributed by atoms with Crippen LogP contribution in [0.1, 0.15) is 17.5 Å². The number of nitrogens with zero attached hydrogens (tertiary/aromatic N) is 1. The summed E-state index contributed by atoms with van der Waals surface area (Å²) >= 11 is 3.42. The Morgan fingerprint density at radius 3 is 3.07 bits per heavy atom. The zero-order chi connectivity index (χ0) is 10.1. The number of hydrogen-bond acceptors (Lipinski definition) is 3. The van der Waals surface area contributed by atoms with Gasteiger partial charge in [0.2, 0.25) is 0 Å². The van der Waals surface area contributed by atoms with Gasteiger partial charge in [0.05, 0.1) is 21.4 Å². The minimum Gasteiger partial charge on any atom is -0.397 e. The third kappa shape index (κ3) is 1.34. The molecule has 72 valence electrons. The zero-order valence-electron chi connectivity index (χ0n) is 7.60. The van der Waals surface area contributed by atoms with Crippen LogP contribution in [-0.2, 0) is 6.42 Å². The Balaban J connectivity index is 2.64. The Morgan fingerprint density at radius 1 is 1.57 bits per heavy atom. The number of nitrogen functional groups attached to an aromatic ring is 1. The van der Waals surface area contributed by atoms with Gasteiger partial charge in [-0.15, -0.1) is 0 Å². The van der Waals surface area contributed by atoms with Gasteiger partial charge in [-0.1, -0.05) is 0 Å². The monoisotopic (exact) mass is 251 g/mol. The van der Waals surface area contributed by atoms with Gasteiger partial charge in [0.1, 0.15) is 6.07 Å². The van der Waals surface area contributed by atoms with Gasteiger partial charge in [-0.05, 0) is 40.4 Å². The molecule has 0 bridgehead atoms. The van der Waals surface area contributed by atoms with Gasteiger partial charge >= 0.3 is 0 Å². The first-order valence-corrected chi connectivity index (χ1v) is 5.28. The maximum Gasteiger partial charge on any atom is 0.101 e. The Labute approximate surface area is 91.0 Å². The summed E-state index contributed by atoms with van der Waals surface area (Å²) in [6, 6.07) is 3.98. The van der Waals surface area contributed by atoms with Crippen LogP contribution in [0.4, 0.5) is 11.4 Å². The standard InChI is InChI=1S/C10H10BrN3/c11-8-9(13)7(5-12)4-6-2-1-3-14-10(6)8/h4,14H,1-3,13H2. The van der Waals surface area contributed by atoms with Crippen molar-refractivity contribution in [2.75, 3.05) is 17.6 Å². The summed E-state index contributed by atoms with van der Waals surface area (Å²) in [7, 11) is 0. The van der Waals surface area contributed by atoms with Gasteiger partial charge < -0.3 is 11.1 Å². The molecule has 0 atom stereocenters. The van der Waals surface area contributed by atoms with E-state index >= 15 is 0 Å². The summed E-state index contributed by atoms with van der Waals surface area (Å²) in [5.41, 5.74) is 9.11. The van der Waals surface area contributed by atoms with Crippen molar-refractivity contribution < 1.29 is 0 Å². The number of nitrogens with one attached hydrogen (secondary N) is 1. The lowest BCUT2D eigenvalue weighted by Crippen LogP contribution is -2.13. The van der Waals surface area contributed by atoms with E-state index in [1.165, 1.54) is 5.56 Å². The average Bonchev–Trinajstić information content (AvgIpc) is 2.23. The quantitative estimate of drug-likeness (QED) is 0.696. The third-order valence-corrected chi connectivity index (χ3v) is 3.25. The van der Waals surface area contributed by atoms with Crippen molar-refractivity contribution in [1.82, 2.24) is 0 Å². The maximum atomic E-state index is 8.87. The normalized spacial score (nSPS) is 14.0. The number of anilines is 2. The second-order valence-corrected chi connectivity index (χ2v) is 4.12. The van der Waals surface area contributed by atoms with E-state index in [9.17, 15) is 0 Å². The van der Waals surface area contributed by atoms with Crippen LogP contribution >= 0.6 is 15.9 Å². The molecule has 0 aliphatic carbocycles. The fraction of sp³-hybridized carbons (Fsp3) is 0.300. The fourth-order valence-corrected chi connectivity index (χ4v) is 2.30. The minimum atomic E-state index is 0.528. The van der Waals surface area contributed by atoms with E-state index in [0.717, 1.165) is 29.5 Å². The number of fused-ring (bicyclic) bond motifs is 1.